The number of aromatic nitrogens is 3. The Morgan fingerprint density at radius 1 is 1.19 bits per heavy atom. The molecule has 0 unspecified atom stereocenters. The van der Waals surface area contributed by atoms with Gasteiger partial charge in [0.25, 0.3) is 0 Å². The topological polar surface area (TPSA) is 120 Å². The van der Waals surface area contributed by atoms with Crippen LogP contribution in [0, 0.1) is 0 Å². The van der Waals surface area contributed by atoms with E-state index < -0.39 is 0 Å². The van der Waals surface area contributed by atoms with Crippen LogP contribution < -0.4 is 16.3 Å². The molecule has 1 aliphatic carbocycles. The van der Waals surface area contributed by atoms with E-state index in [4.69, 9.17) is 0 Å². The zero-order valence-electron chi connectivity index (χ0n) is 11.2. The largest absolute Gasteiger partial charge is 0.353 e. The number of hydrogen-bond acceptors (Lipinski definition) is 4. The molecule has 3 rings (SSSR count). The fourth-order valence-electron chi connectivity index (χ4n) is 1.95. The fourth-order valence-corrected chi connectivity index (χ4v) is 1.95. The van der Waals surface area contributed by atoms with Crippen LogP contribution in [0.1, 0.15) is 25.7 Å². The van der Waals surface area contributed by atoms with E-state index in [1.807, 2.05) is 0 Å². The summed E-state index contributed by atoms with van der Waals surface area (Å²) in [6, 6.07) is 3.54. The SMILES string of the molecule is O=C(CCC(=O)NC1CC1)Nc1ccc2[nH]c(=O)[nH]c2n1. The van der Waals surface area contributed by atoms with Gasteiger partial charge in [0.1, 0.15) is 5.82 Å². The van der Waals surface area contributed by atoms with Crippen molar-refractivity contribution in [3.8, 4) is 0 Å². The van der Waals surface area contributed by atoms with Gasteiger partial charge in [-0.15, -0.1) is 0 Å². The van der Waals surface area contributed by atoms with E-state index in [2.05, 4.69) is 25.6 Å². The van der Waals surface area contributed by atoms with Gasteiger partial charge in [0.2, 0.25) is 11.8 Å². The first-order valence-electron chi connectivity index (χ1n) is 6.78. The van der Waals surface area contributed by atoms with Gasteiger partial charge < -0.3 is 15.6 Å². The van der Waals surface area contributed by atoms with Crippen molar-refractivity contribution in [2.45, 2.75) is 31.7 Å². The van der Waals surface area contributed by atoms with Crippen LogP contribution in [0.4, 0.5) is 5.82 Å². The number of amides is 2. The molecule has 21 heavy (non-hydrogen) atoms. The molecule has 0 saturated heterocycles. The number of nitrogens with one attached hydrogen (secondary N) is 4. The van der Waals surface area contributed by atoms with Crippen LogP contribution >= 0.6 is 0 Å². The number of aromatic amines is 2. The molecule has 2 amide bonds. The lowest BCUT2D eigenvalue weighted by atomic mass is 10.2. The van der Waals surface area contributed by atoms with Gasteiger partial charge >= 0.3 is 5.69 Å². The van der Waals surface area contributed by atoms with Crippen molar-refractivity contribution in [1.29, 1.82) is 0 Å². The first kappa shape index (κ1) is 13.3. The summed E-state index contributed by atoms with van der Waals surface area (Å²) >= 11 is 0. The first-order chi connectivity index (χ1) is 10.1. The molecule has 0 bridgehead atoms. The summed E-state index contributed by atoms with van der Waals surface area (Å²) < 4.78 is 0. The highest BCUT2D eigenvalue weighted by molar-refractivity contribution is 5.93. The van der Waals surface area contributed by atoms with Crippen molar-refractivity contribution in [2.75, 3.05) is 5.32 Å². The van der Waals surface area contributed by atoms with E-state index in [0.717, 1.165) is 12.8 Å². The maximum Gasteiger partial charge on any atom is 0.325 e. The van der Waals surface area contributed by atoms with Crippen LogP contribution in [0.15, 0.2) is 16.9 Å². The third-order valence-corrected chi connectivity index (χ3v) is 3.16. The molecule has 1 aliphatic rings. The summed E-state index contributed by atoms with van der Waals surface area (Å²) in [5, 5.41) is 5.42. The molecule has 8 heteroatoms. The van der Waals surface area contributed by atoms with Crippen LogP contribution in [0.3, 0.4) is 0 Å². The molecule has 0 spiro atoms. The zero-order chi connectivity index (χ0) is 14.8. The van der Waals surface area contributed by atoms with Crippen molar-refractivity contribution in [3.05, 3.63) is 22.6 Å². The quantitative estimate of drug-likeness (QED) is 0.630. The predicted octanol–water partition coefficient (Wildman–Crippen LogP) is 0.248. The average molecular weight is 289 g/mol. The van der Waals surface area contributed by atoms with Crippen molar-refractivity contribution in [1.82, 2.24) is 20.3 Å². The number of imidazole rings is 1. The molecule has 2 heterocycles. The minimum Gasteiger partial charge on any atom is -0.353 e. The van der Waals surface area contributed by atoms with Crippen LogP contribution in [-0.2, 0) is 9.59 Å². The van der Waals surface area contributed by atoms with Crippen LogP contribution in [0.5, 0.6) is 0 Å². The molecule has 110 valence electrons. The Morgan fingerprint density at radius 2 is 1.95 bits per heavy atom. The number of pyridine rings is 1. The monoisotopic (exact) mass is 289 g/mol. The van der Waals surface area contributed by atoms with Gasteiger partial charge in [0, 0.05) is 18.9 Å². The second-order valence-electron chi connectivity index (χ2n) is 5.06. The number of anilines is 1. The molecule has 8 nitrogen and oxygen atoms in total. The number of nitrogens with zero attached hydrogens (tertiary/aromatic N) is 1. The zero-order valence-corrected chi connectivity index (χ0v) is 11.2. The Bertz CT molecular complexity index is 744. The normalized spacial score (nSPS) is 14.1. The molecule has 2 aromatic heterocycles. The second kappa shape index (κ2) is 5.39. The highest BCUT2D eigenvalue weighted by atomic mass is 16.2. The number of rotatable bonds is 5. The second-order valence-corrected chi connectivity index (χ2v) is 5.06. The lowest BCUT2D eigenvalue weighted by molar-refractivity contribution is -0.124. The van der Waals surface area contributed by atoms with E-state index in [9.17, 15) is 14.4 Å². The summed E-state index contributed by atoms with van der Waals surface area (Å²) in [5.41, 5.74) is 0.601. The molecule has 4 N–H and O–H groups in total. The number of hydrogen-bond donors (Lipinski definition) is 4. The van der Waals surface area contributed by atoms with Gasteiger partial charge in [-0.1, -0.05) is 0 Å². The predicted molar refractivity (Wildman–Crippen MR) is 75.7 cm³/mol. The highest BCUT2D eigenvalue weighted by Gasteiger charge is 2.23. The lowest BCUT2D eigenvalue weighted by Crippen LogP contribution is -2.26. The molecule has 0 radical (unpaired) electrons. The van der Waals surface area contributed by atoms with Crippen molar-refractivity contribution < 1.29 is 9.59 Å². The Hall–Kier alpha value is -2.64. The van der Waals surface area contributed by atoms with Crippen LogP contribution in [0.2, 0.25) is 0 Å². The minimum absolute atomic E-state index is 0.0991. The van der Waals surface area contributed by atoms with Crippen LogP contribution in [-0.4, -0.2) is 32.8 Å². The van der Waals surface area contributed by atoms with E-state index in [-0.39, 0.29) is 30.3 Å². The minimum atomic E-state index is -0.349. The highest BCUT2D eigenvalue weighted by Crippen LogP contribution is 2.18. The Morgan fingerprint density at radius 3 is 2.71 bits per heavy atom. The molecule has 1 saturated carbocycles. The number of fused-ring (bicyclic) bond motifs is 1. The lowest BCUT2D eigenvalue weighted by Gasteiger charge is -2.05. The first-order valence-corrected chi connectivity index (χ1v) is 6.78. The van der Waals surface area contributed by atoms with E-state index in [1.54, 1.807) is 12.1 Å². The van der Waals surface area contributed by atoms with E-state index >= 15 is 0 Å². The summed E-state index contributed by atoms with van der Waals surface area (Å²) in [5.74, 6) is -0.0537. The molecular formula is C13H15N5O3. The van der Waals surface area contributed by atoms with Crippen LogP contribution in [0.25, 0.3) is 11.2 Å². The molecule has 0 aromatic carbocycles. The summed E-state index contributed by atoms with van der Waals surface area (Å²) in [7, 11) is 0. The van der Waals surface area contributed by atoms with Gasteiger partial charge in [-0.25, -0.2) is 9.78 Å². The fraction of sp³-hybridized carbons (Fsp3) is 0.385. The standard InChI is InChI=1S/C13H15N5O3/c19-10(14-7-1-2-7)5-6-11(20)16-9-4-3-8-12(17-9)18-13(21)15-8/h3-4,7H,1-2,5-6H2,(H,14,19)(H3,15,16,17,18,20,21). The smallest absolute Gasteiger partial charge is 0.325 e. The van der Waals surface area contributed by atoms with Gasteiger partial charge in [0.05, 0.1) is 5.52 Å². The Kier molecular flexibility index (Phi) is 3.43. The third-order valence-electron chi connectivity index (χ3n) is 3.16. The summed E-state index contributed by atoms with van der Waals surface area (Å²) in [6.45, 7) is 0. The van der Waals surface area contributed by atoms with Crippen molar-refractivity contribution >= 4 is 28.8 Å². The van der Waals surface area contributed by atoms with Crippen molar-refractivity contribution in [3.63, 3.8) is 0 Å². The maximum absolute atomic E-state index is 11.7. The number of carbonyl (C=O) groups is 2. The Balaban J connectivity index is 1.54. The summed E-state index contributed by atoms with van der Waals surface area (Å²) in [4.78, 5) is 43.5. The van der Waals surface area contributed by atoms with Gasteiger partial charge in [-0.3, -0.25) is 14.6 Å². The summed E-state index contributed by atoms with van der Waals surface area (Å²) in [6.07, 6.45) is 2.31. The molecule has 0 aliphatic heterocycles. The van der Waals surface area contributed by atoms with E-state index in [0.29, 0.717) is 23.0 Å². The number of carbonyl (C=O) groups excluding carboxylic acids is 2. The van der Waals surface area contributed by atoms with Crippen molar-refractivity contribution in [2.24, 2.45) is 0 Å². The third kappa shape index (κ3) is 3.47. The van der Waals surface area contributed by atoms with E-state index in [1.165, 1.54) is 0 Å². The number of H-pyrrole nitrogens is 2. The molecule has 0 atom stereocenters. The Labute approximate surface area is 119 Å². The van der Waals surface area contributed by atoms with Gasteiger partial charge in [-0.05, 0) is 25.0 Å². The molecule has 1 fully saturated rings. The maximum atomic E-state index is 11.7. The average Bonchev–Trinajstić information content (AvgIpc) is 3.16. The van der Waals surface area contributed by atoms with Gasteiger partial charge in [0.15, 0.2) is 5.65 Å². The molecule has 2 aromatic rings. The molecular weight excluding hydrogens is 274 g/mol. The van der Waals surface area contributed by atoms with Gasteiger partial charge in [-0.2, -0.15) is 0 Å².